The average Bonchev–Trinajstić information content (AvgIpc) is 3.84. The van der Waals surface area contributed by atoms with E-state index in [0.717, 1.165) is 101 Å². The Morgan fingerprint density at radius 1 is 0.482 bits per heavy atom. The first kappa shape index (κ1) is 35.5. The Morgan fingerprint density at radius 3 is 1.14 bits per heavy atom. The van der Waals surface area contributed by atoms with Crippen molar-refractivity contribution in [3.8, 4) is 34.4 Å². The Morgan fingerprint density at radius 2 is 0.821 bits per heavy atom. The minimum Gasteiger partial charge on any atom is -0.460 e. The number of carbonyl (C=O) groups excluding carboxylic acids is 2. The van der Waals surface area contributed by atoms with Crippen molar-refractivity contribution in [2.24, 2.45) is 0 Å². The molecule has 0 bridgehead atoms. The summed E-state index contributed by atoms with van der Waals surface area (Å²) in [5, 5.41) is 23.7. The Bertz CT molecular complexity index is 2740. The first-order valence-electron chi connectivity index (χ1n) is 18.4. The van der Waals surface area contributed by atoms with Gasteiger partial charge in [-0.25, -0.2) is 0 Å². The largest absolute Gasteiger partial charge is 0.460 e. The zero-order valence-corrected chi connectivity index (χ0v) is 30.8. The highest BCUT2D eigenvalue weighted by Crippen LogP contribution is 2.44. The summed E-state index contributed by atoms with van der Waals surface area (Å²) < 4.78 is 13.3. The molecule has 0 amide bonds. The summed E-state index contributed by atoms with van der Waals surface area (Å²) in [6.07, 6.45) is 6.70. The van der Waals surface area contributed by atoms with E-state index in [0.29, 0.717) is 35.1 Å². The molecule has 268 valence electrons. The molecule has 0 radical (unpaired) electrons. The van der Waals surface area contributed by atoms with Gasteiger partial charge in [0.1, 0.15) is 35.3 Å². The van der Waals surface area contributed by atoms with E-state index in [4.69, 9.17) is 8.83 Å². The van der Waals surface area contributed by atoms with Gasteiger partial charge in [0, 0.05) is 56.6 Å². The van der Waals surface area contributed by atoms with Crippen molar-refractivity contribution in [1.29, 1.82) is 10.5 Å². The Kier molecular flexibility index (Phi) is 9.55. The van der Waals surface area contributed by atoms with Gasteiger partial charge in [0.15, 0.2) is 0 Å². The normalized spacial score (nSPS) is 11.9. The van der Waals surface area contributed by atoms with E-state index in [1.807, 2.05) is 36.4 Å². The molecule has 0 saturated carbocycles. The van der Waals surface area contributed by atoms with Crippen molar-refractivity contribution >= 4 is 68.6 Å². The number of carbonyl (C=O) groups is 2. The summed E-state index contributed by atoms with van der Waals surface area (Å²) in [7, 11) is 0. The van der Waals surface area contributed by atoms with E-state index in [2.05, 4.69) is 74.5 Å². The number of fused-ring (bicyclic) bond motifs is 5. The van der Waals surface area contributed by atoms with Crippen molar-refractivity contribution in [2.75, 3.05) is 0 Å². The van der Waals surface area contributed by atoms with Gasteiger partial charge in [-0.3, -0.25) is 9.59 Å². The molecule has 8 rings (SSSR count). The smallest absolute Gasteiger partial charge is 0.150 e. The summed E-state index contributed by atoms with van der Waals surface area (Å²) in [6, 6.07) is 43.3. The molecule has 0 unspecified atom stereocenters. The van der Waals surface area contributed by atoms with Gasteiger partial charge in [-0.05, 0) is 69.8 Å². The van der Waals surface area contributed by atoms with Crippen LogP contribution in [0.4, 0.5) is 0 Å². The Hall–Kier alpha value is -7.54. The van der Waals surface area contributed by atoms with E-state index < -0.39 is 0 Å². The van der Waals surface area contributed by atoms with E-state index in [9.17, 15) is 20.1 Å². The van der Waals surface area contributed by atoms with Crippen molar-refractivity contribution < 1.29 is 18.4 Å². The summed E-state index contributed by atoms with van der Waals surface area (Å²) >= 11 is 0. The number of benzene rings is 6. The maximum absolute atomic E-state index is 11.1. The number of hydrogen-bond donors (Lipinski definition) is 0. The fourth-order valence-electron chi connectivity index (χ4n) is 7.41. The van der Waals surface area contributed by atoms with E-state index in [-0.39, 0.29) is 0 Å². The van der Waals surface area contributed by atoms with Crippen molar-refractivity contribution in [3.63, 3.8) is 0 Å². The molecular weight excluding hydrogens is 693 g/mol. The lowest BCUT2D eigenvalue weighted by Gasteiger charge is -2.05. The molecule has 6 aromatic carbocycles. The SMILES string of the molecule is CCc1oc2c(ccc3c2ccc2c(-c4ccc(/C=C(\C#N)c5ccc(C=O)cc5)cc4)c(CC)oc23)c1-c1ccc(/C=C(\C#N)c2ccc(C=O)cc2)cc1. The molecule has 6 nitrogen and oxygen atoms in total. The highest BCUT2D eigenvalue weighted by molar-refractivity contribution is 6.18. The molecule has 0 N–H and O–H groups in total. The molecule has 2 aromatic heterocycles. The maximum atomic E-state index is 11.1. The van der Waals surface area contributed by atoms with Crippen LogP contribution in [0.2, 0.25) is 0 Å². The standard InChI is InChI=1S/C50H34N2O4/c1-3-45-47(37-17-5-31(6-18-37)25-39(27-51)35-13-9-33(29-53)10-14-35)43-23-21-42-41(49(43)55-45)22-24-44-48(46(4-2)56-50(42)44)38-19-7-32(8-20-38)26-40(28-52)36-15-11-34(30-54)12-16-36/h5-26,29-30H,3-4H2,1-2H3/b39-25+,40-26+. The van der Waals surface area contributed by atoms with Crippen LogP contribution < -0.4 is 0 Å². The van der Waals surface area contributed by atoms with Crippen LogP contribution in [-0.4, -0.2) is 12.6 Å². The first-order chi connectivity index (χ1) is 27.5. The molecular formula is C50H34N2O4. The predicted octanol–water partition coefficient (Wildman–Crippen LogP) is 12.5. The number of allylic oxidation sites excluding steroid dienone is 2. The second-order valence-electron chi connectivity index (χ2n) is 13.6. The van der Waals surface area contributed by atoms with E-state index in [1.54, 1.807) is 48.5 Å². The van der Waals surface area contributed by atoms with Crippen LogP contribution in [-0.2, 0) is 12.8 Å². The fraction of sp³-hybridized carbons (Fsp3) is 0.0800. The lowest BCUT2D eigenvalue weighted by Crippen LogP contribution is -1.86. The van der Waals surface area contributed by atoms with Gasteiger partial charge in [-0.15, -0.1) is 0 Å². The Balaban J connectivity index is 1.14. The second-order valence-corrected chi connectivity index (χ2v) is 13.6. The zero-order valence-electron chi connectivity index (χ0n) is 30.8. The predicted molar refractivity (Wildman–Crippen MR) is 224 cm³/mol. The minimum absolute atomic E-state index is 0.516. The molecule has 2 heterocycles. The zero-order chi connectivity index (χ0) is 38.8. The molecule has 56 heavy (non-hydrogen) atoms. The van der Waals surface area contributed by atoms with Crippen LogP contribution in [0.1, 0.15) is 68.3 Å². The molecule has 0 aliphatic carbocycles. The summed E-state index contributed by atoms with van der Waals surface area (Å²) in [5.41, 5.74) is 11.2. The lowest BCUT2D eigenvalue weighted by molar-refractivity contribution is 0.111. The van der Waals surface area contributed by atoms with Gasteiger partial charge >= 0.3 is 0 Å². The number of hydrogen-bond acceptors (Lipinski definition) is 6. The molecule has 8 aromatic rings. The maximum Gasteiger partial charge on any atom is 0.150 e. The van der Waals surface area contributed by atoms with Gasteiger partial charge in [0.2, 0.25) is 0 Å². The van der Waals surface area contributed by atoms with Gasteiger partial charge in [0.05, 0.1) is 23.3 Å². The van der Waals surface area contributed by atoms with E-state index in [1.165, 1.54) is 0 Å². The number of nitrogens with zero attached hydrogens (tertiary/aromatic N) is 2. The van der Waals surface area contributed by atoms with Crippen LogP contribution in [0.15, 0.2) is 130 Å². The quantitative estimate of drug-likeness (QED) is 0.0788. The molecule has 0 spiro atoms. The van der Waals surface area contributed by atoms with Crippen molar-refractivity contribution in [1.82, 2.24) is 0 Å². The molecule has 0 fully saturated rings. The van der Waals surface area contributed by atoms with Crippen LogP contribution in [0.3, 0.4) is 0 Å². The number of nitriles is 2. The summed E-state index contributed by atoms with van der Waals surface area (Å²) in [5.74, 6) is 1.79. The molecule has 0 aliphatic heterocycles. The van der Waals surface area contributed by atoms with Crippen LogP contribution in [0, 0.1) is 22.7 Å². The topological polar surface area (TPSA) is 108 Å². The third-order valence-electron chi connectivity index (χ3n) is 10.3. The van der Waals surface area contributed by atoms with Gasteiger partial charge in [-0.2, -0.15) is 10.5 Å². The number of aldehydes is 2. The van der Waals surface area contributed by atoms with Crippen molar-refractivity contribution in [2.45, 2.75) is 26.7 Å². The Labute approximate surface area is 323 Å². The van der Waals surface area contributed by atoms with E-state index >= 15 is 0 Å². The number of rotatable bonds is 10. The highest BCUT2D eigenvalue weighted by Gasteiger charge is 2.21. The van der Waals surface area contributed by atoms with Gasteiger partial charge in [-0.1, -0.05) is 111 Å². The van der Waals surface area contributed by atoms with Crippen LogP contribution in [0.25, 0.3) is 78.3 Å². The van der Waals surface area contributed by atoms with Crippen molar-refractivity contribution in [3.05, 3.63) is 166 Å². The number of aryl methyl sites for hydroxylation is 2. The third-order valence-corrected chi connectivity index (χ3v) is 10.3. The van der Waals surface area contributed by atoms with Gasteiger partial charge in [0.25, 0.3) is 0 Å². The van der Waals surface area contributed by atoms with Gasteiger partial charge < -0.3 is 8.83 Å². The molecule has 0 aliphatic rings. The van der Waals surface area contributed by atoms with Crippen LogP contribution >= 0.6 is 0 Å². The first-order valence-corrected chi connectivity index (χ1v) is 18.4. The minimum atomic E-state index is 0.516. The molecule has 0 saturated heterocycles. The molecule has 6 heteroatoms. The fourth-order valence-corrected chi connectivity index (χ4v) is 7.41. The van der Waals surface area contributed by atoms with Crippen LogP contribution in [0.5, 0.6) is 0 Å². The third kappa shape index (κ3) is 6.40. The average molecular weight is 727 g/mol. The summed E-state index contributed by atoms with van der Waals surface area (Å²) in [6.45, 7) is 4.18. The molecule has 0 atom stereocenters. The highest BCUT2D eigenvalue weighted by atomic mass is 16.3. The lowest BCUT2D eigenvalue weighted by atomic mass is 9.95. The monoisotopic (exact) mass is 726 g/mol. The second kappa shape index (κ2) is 15.1. The number of furan rings is 2. The summed E-state index contributed by atoms with van der Waals surface area (Å²) in [4.78, 5) is 22.1.